The van der Waals surface area contributed by atoms with Crippen molar-refractivity contribution in [2.24, 2.45) is 5.73 Å². The fraction of sp³-hybridized carbons (Fsp3) is 0.467. The summed E-state index contributed by atoms with van der Waals surface area (Å²) in [6.07, 6.45) is -3.38. The van der Waals surface area contributed by atoms with Crippen molar-refractivity contribution < 1.29 is 17.9 Å². The predicted octanol–water partition coefficient (Wildman–Crippen LogP) is 3.94. The van der Waals surface area contributed by atoms with E-state index in [1.807, 2.05) is 6.92 Å². The zero-order valence-corrected chi connectivity index (χ0v) is 11.8. The van der Waals surface area contributed by atoms with Gasteiger partial charge < -0.3 is 10.5 Å². The Kier molecular flexibility index (Phi) is 5.62. The molecule has 20 heavy (non-hydrogen) atoms. The molecule has 0 radical (unpaired) electrons. The molecule has 1 unspecified atom stereocenters. The van der Waals surface area contributed by atoms with E-state index in [0.717, 1.165) is 11.6 Å². The molecule has 5 heteroatoms. The molecular weight excluding hydrogens is 267 g/mol. The highest BCUT2D eigenvalue weighted by Crippen LogP contribution is 2.37. The minimum atomic E-state index is -4.45. The van der Waals surface area contributed by atoms with Gasteiger partial charge in [0, 0.05) is 6.04 Å². The molecule has 2 nitrogen and oxygen atoms in total. The monoisotopic (exact) mass is 287 g/mol. The molecule has 1 atom stereocenters. The van der Waals surface area contributed by atoms with Crippen LogP contribution in [0.2, 0.25) is 0 Å². The third-order valence-electron chi connectivity index (χ3n) is 2.84. The largest absolute Gasteiger partial charge is 0.489 e. The van der Waals surface area contributed by atoms with Gasteiger partial charge in [-0.2, -0.15) is 13.2 Å². The molecule has 0 fully saturated rings. The van der Waals surface area contributed by atoms with Crippen molar-refractivity contribution in [1.82, 2.24) is 0 Å². The van der Waals surface area contributed by atoms with Gasteiger partial charge in [-0.3, -0.25) is 0 Å². The van der Waals surface area contributed by atoms with Gasteiger partial charge in [0.15, 0.2) is 0 Å². The van der Waals surface area contributed by atoms with Crippen molar-refractivity contribution in [2.75, 3.05) is 6.61 Å². The van der Waals surface area contributed by atoms with Crippen LogP contribution in [0.4, 0.5) is 13.2 Å². The molecule has 0 aliphatic heterocycles. The van der Waals surface area contributed by atoms with Crippen LogP contribution in [0.25, 0.3) is 0 Å². The molecule has 0 aromatic heterocycles. The summed E-state index contributed by atoms with van der Waals surface area (Å²) >= 11 is 0. The van der Waals surface area contributed by atoms with Crippen molar-refractivity contribution >= 4 is 0 Å². The molecule has 0 spiro atoms. The van der Waals surface area contributed by atoms with Crippen molar-refractivity contribution in [2.45, 2.75) is 38.9 Å². The molecule has 1 aromatic carbocycles. The molecule has 0 saturated heterocycles. The maximum absolute atomic E-state index is 13.0. The number of rotatable bonds is 6. The van der Waals surface area contributed by atoms with Crippen molar-refractivity contribution in [3.05, 3.63) is 41.5 Å². The van der Waals surface area contributed by atoms with Crippen LogP contribution in [-0.2, 0) is 12.6 Å². The van der Waals surface area contributed by atoms with E-state index in [9.17, 15) is 13.2 Å². The van der Waals surface area contributed by atoms with Crippen LogP contribution >= 0.6 is 0 Å². The summed E-state index contributed by atoms with van der Waals surface area (Å²) in [6, 6.07) is 3.88. The summed E-state index contributed by atoms with van der Waals surface area (Å²) in [5.41, 5.74) is 6.15. The van der Waals surface area contributed by atoms with Gasteiger partial charge in [-0.25, -0.2) is 0 Å². The molecule has 1 aromatic rings. The van der Waals surface area contributed by atoms with Crippen molar-refractivity contribution in [3.63, 3.8) is 0 Å². The average Bonchev–Trinajstić information content (AvgIpc) is 2.34. The van der Waals surface area contributed by atoms with E-state index in [-0.39, 0.29) is 18.4 Å². The highest BCUT2D eigenvalue weighted by atomic mass is 19.4. The van der Waals surface area contributed by atoms with E-state index >= 15 is 0 Å². The number of benzene rings is 1. The smallest absolute Gasteiger partial charge is 0.419 e. The fourth-order valence-corrected chi connectivity index (χ4v) is 1.71. The van der Waals surface area contributed by atoms with Gasteiger partial charge in [-0.15, -0.1) is 0 Å². The molecule has 0 amide bonds. The Hall–Kier alpha value is -1.49. The minimum Gasteiger partial charge on any atom is -0.489 e. The van der Waals surface area contributed by atoms with Gasteiger partial charge >= 0.3 is 6.18 Å². The second-order valence-electron chi connectivity index (χ2n) is 4.90. The lowest BCUT2D eigenvalue weighted by molar-refractivity contribution is -0.138. The topological polar surface area (TPSA) is 35.2 Å². The van der Waals surface area contributed by atoms with Crippen LogP contribution in [0.3, 0.4) is 0 Å². The van der Waals surface area contributed by atoms with Crippen molar-refractivity contribution in [1.29, 1.82) is 0 Å². The lowest BCUT2D eigenvalue weighted by Crippen LogP contribution is -2.18. The highest BCUT2D eigenvalue weighted by Gasteiger charge is 2.34. The lowest BCUT2D eigenvalue weighted by atomic mass is 10.0. The van der Waals surface area contributed by atoms with E-state index in [4.69, 9.17) is 10.5 Å². The number of hydrogen-bond donors (Lipinski definition) is 1. The average molecular weight is 287 g/mol. The van der Waals surface area contributed by atoms with Crippen LogP contribution in [0.1, 0.15) is 31.4 Å². The van der Waals surface area contributed by atoms with E-state index in [2.05, 4.69) is 6.58 Å². The number of alkyl halides is 3. The van der Waals surface area contributed by atoms with Crippen LogP contribution in [0, 0.1) is 0 Å². The predicted molar refractivity (Wildman–Crippen MR) is 73.7 cm³/mol. The summed E-state index contributed by atoms with van der Waals surface area (Å²) < 4.78 is 44.3. The summed E-state index contributed by atoms with van der Waals surface area (Å²) in [7, 11) is 0. The van der Waals surface area contributed by atoms with E-state index in [1.165, 1.54) is 6.07 Å². The molecule has 0 heterocycles. The van der Waals surface area contributed by atoms with Gasteiger partial charge in [0.2, 0.25) is 0 Å². The van der Waals surface area contributed by atoms with Crippen LogP contribution in [0.5, 0.6) is 5.75 Å². The number of ether oxygens (including phenoxy) is 1. The lowest BCUT2D eigenvalue weighted by Gasteiger charge is -2.16. The molecule has 0 bridgehead atoms. The summed E-state index contributed by atoms with van der Waals surface area (Å²) in [4.78, 5) is 0. The molecule has 0 aliphatic carbocycles. The maximum Gasteiger partial charge on any atom is 0.419 e. The van der Waals surface area contributed by atoms with E-state index in [1.54, 1.807) is 13.0 Å². The quantitative estimate of drug-likeness (QED) is 0.804. The summed E-state index contributed by atoms with van der Waals surface area (Å²) in [5.74, 6) is -0.166. The first kappa shape index (κ1) is 16.6. The van der Waals surface area contributed by atoms with Gasteiger partial charge in [0.1, 0.15) is 12.4 Å². The first-order valence-electron chi connectivity index (χ1n) is 6.49. The summed E-state index contributed by atoms with van der Waals surface area (Å²) in [5, 5.41) is 0. The fourth-order valence-electron chi connectivity index (χ4n) is 1.71. The zero-order chi connectivity index (χ0) is 15.3. The van der Waals surface area contributed by atoms with Gasteiger partial charge in [0.05, 0.1) is 5.56 Å². The molecule has 0 saturated carbocycles. The molecule has 2 N–H and O–H groups in total. The maximum atomic E-state index is 13.0. The van der Waals surface area contributed by atoms with Gasteiger partial charge in [-0.05, 0) is 43.0 Å². The first-order valence-corrected chi connectivity index (χ1v) is 6.49. The van der Waals surface area contributed by atoms with Crippen LogP contribution in [-0.4, -0.2) is 12.6 Å². The number of halogens is 3. The second kappa shape index (κ2) is 6.79. The Morgan fingerprint density at radius 2 is 2.05 bits per heavy atom. The molecule has 1 rings (SSSR count). The van der Waals surface area contributed by atoms with E-state index < -0.39 is 11.7 Å². The standard InChI is InChI=1S/C15H20F3NO/c1-4-10(2)9-20-14-6-5-12(7-11(3)19)8-13(14)15(16,17)18/h5-6,8,11H,2,4,7,9,19H2,1,3H3. The molecule has 0 aliphatic rings. The Morgan fingerprint density at radius 1 is 1.40 bits per heavy atom. The molecule has 112 valence electrons. The van der Waals surface area contributed by atoms with Crippen LogP contribution < -0.4 is 10.5 Å². The third kappa shape index (κ3) is 4.89. The minimum absolute atomic E-state index is 0.0895. The van der Waals surface area contributed by atoms with Gasteiger partial charge in [0.25, 0.3) is 0 Å². The first-order chi connectivity index (χ1) is 9.24. The van der Waals surface area contributed by atoms with Crippen molar-refractivity contribution in [3.8, 4) is 5.75 Å². The van der Waals surface area contributed by atoms with E-state index in [0.29, 0.717) is 18.4 Å². The molecular formula is C15H20F3NO. The number of hydrogen-bond acceptors (Lipinski definition) is 2. The van der Waals surface area contributed by atoms with Gasteiger partial charge in [-0.1, -0.05) is 19.6 Å². The Labute approximate surface area is 117 Å². The third-order valence-corrected chi connectivity index (χ3v) is 2.84. The Balaban J connectivity index is 3.01. The SMILES string of the molecule is C=C(CC)COc1ccc(CC(C)N)cc1C(F)(F)F. The second-order valence-corrected chi connectivity index (χ2v) is 4.90. The number of nitrogens with two attached hydrogens (primary N) is 1. The Morgan fingerprint density at radius 3 is 2.55 bits per heavy atom. The summed E-state index contributed by atoms with van der Waals surface area (Å²) in [6.45, 7) is 7.43. The highest BCUT2D eigenvalue weighted by molar-refractivity contribution is 5.39. The zero-order valence-electron chi connectivity index (χ0n) is 11.8. The Bertz CT molecular complexity index is 467. The normalized spacial score (nSPS) is 13.1. The van der Waals surface area contributed by atoms with Crippen LogP contribution in [0.15, 0.2) is 30.4 Å².